The Morgan fingerprint density at radius 3 is 2.60 bits per heavy atom. The summed E-state index contributed by atoms with van der Waals surface area (Å²) in [6.45, 7) is 2.20. The van der Waals surface area contributed by atoms with Crippen molar-refractivity contribution < 1.29 is 0 Å². The minimum Gasteiger partial charge on any atom is -0.326 e. The lowest BCUT2D eigenvalue weighted by Gasteiger charge is -2.12. The molecule has 0 aromatic rings. The Kier molecular flexibility index (Phi) is 1.66. The van der Waals surface area contributed by atoms with Crippen LogP contribution in [0.25, 0.3) is 0 Å². The highest BCUT2D eigenvalue weighted by molar-refractivity contribution is 4.88. The number of nitrogens with one attached hydrogen (secondary N) is 1. The van der Waals surface area contributed by atoms with Crippen LogP contribution in [0, 0.1) is 11.8 Å². The van der Waals surface area contributed by atoms with Crippen LogP contribution >= 0.6 is 0 Å². The molecule has 0 spiro atoms. The Bertz CT molecular complexity index is 120. The molecule has 0 aromatic heterocycles. The molecule has 0 bridgehead atoms. The summed E-state index contributed by atoms with van der Waals surface area (Å²) >= 11 is 0. The van der Waals surface area contributed by atoms with E-state index in [-0.39, 0.29) is 0 Å². The van der Waals surface area contributed by atoms with Crippen molar-refractivity contribution in [1.29, 1.82) is 0 Å². The summed E-state index contributed by atoms with van der Waals surface area (Å²) in [5.41, 5.74) is 5.89. The number of hydrogen-bond donors (Lipinski definition) is 2. The molecule has 0 amide bonds. The Morgan fingerprint density at radius 1 is 1.30 bits per heavy atom. The van der Waals surface area contributed by atoms with Gasteiger partial charge in [-0.15, -0.1) is 0 Å². The average Bonchev–Trinajstić information content (AvgIpc) is 2.62. The van der Waals surface area contributed by atoms with Crippen LogP contribution in [0.15, 0.2) is 0 Å². The molecular weight excluding hydrogens is 124 g/mol. The van der Waals surface area contributed by atoms with Gasteiger partial charge < -0.3 is 11.1 Å². The van der Waals surface area contributed by atoms with Crippen molar-refractivity contribution in [2.45, 2.75) is 25.3 Å². The summed E-state index contributed by atoms with van der Waals surface area (Å²) in [5, 5.41) is 3.33. The first-order valence-corrected chi connectivity index (χ1v) is 4.32. The van der Waals surface area contributed by atoms with Gasteiger partial charge in [0.2, 0.25) is 0 Å². The fourth-order valence-electron chi connectivity index (χ4n) is 1.79. The standard InChI is InChI=1S/C8H16N2/c9-8-5-10-4-7(8)3-6-1-2-6/h6-8,10H,1-5,9H2/t7-,8+/m0/s1. The van der Waals surface area contributed by atoms with E-state index in [1.807, 2.05) is 0 Å². The van der Waals surface area contributed by atoms with Crippen LogP contribution in [0.3, 0.4) is 0 Å². The Balaban J connectivity index is 1.79. The zero-order valence-electron chi connectivity index (χ0n) is 6.34. The molecule has 0 aromatic carbocycles. The van der Waals surface area contributed by atoms with Crippen molar-refractivity contribution in [1.82, 2.24) is 5.32 Å². The second-order valence-corrected chi connectivity index (χ2v) is 3.76. The Morgan fingerprint density at radius 2 is 2.10 bits per heavy atom. The molecule has 0 unspecified atom stereocenters. The predicted octanol–water partition coefficient (Wildman–Crippen LogP) is 0.333. The second kappa shape index (κ2) is 2.51. The predicted molar refractivity (Wildman–Crippen MR) is 41.7 cm³/mol. The molecule has 1 aliphatic carbocycles. The summed E-state index contributed by atoms with van der Waals surface area (Å²) in [7, 11) is 0. The van der Waals surface area contributed by atoms with Crippen molar-refractivity contribution in [2.75, 3.05) is 13.1 Å². The first-order chi connectivity index (χ1) is 4.86. The van der Waals surface area contributed by atoms with E-state index in [9.17, 15) is 0 Å². The van der Waals surface area contributed by atoms with E-state index in [0.29, 0.717) is 6.04 Å². The van der Waals surface area contributed by atoms with Crippen LogP contribution in [-0.2, 0) is 0 Å². The van der Waals surface area contributed by atoms with Gasteiger partial charge in [-0.2, -0.15) is 0 Å². The summed E-state index contributed by atoms with van der Waals surface area (Å²) in [5.74, 6) is 1.82. The van der Waals surface area contributed by atoms with Crippen molar-refractivity contribution in [3.05, 3.63) is 0 Å². The van der Waals surface area contributed by atoms with Gasteiger partial charge in [-0.3, -0.25) is 0 Å². The topological polar surface area (TPSA) is 38.0 Å². The maximum Gasteiger partial charge on any atom is 0.0206 e. The molecule has 1 heterocycles. The van der Waals surface area contributed by atoms with Crippen molar-refractivity contribution in [3.63, 3.8) is 0 Å². The van der Waals surface area contributed by atoms with Gasteiger partial charge in [0.25, 0.3) is 0 Å². The monoisotopic (exact) mass is 140 g/mol. The SMILES string of the molecule is N[C@@H]1CNC[C@@H]1CC1CC1. The third-order valence-corrected chi connectivity index (χ3v) is 2.73. The van der Waals surface area contributed by atoms with Gasteiger partial charge in [-0.25, -0.2) is 0 Å². The van der Waals surface area contributed by atoms with Crippen molar-refractivity contribution in [3.8, 4) is 0 Å². The second-order valence-electron chi connectivity index (χ2n) is 3.76. The van der Waals surface area contributed by atoms with E-state index in [0.717, 1.165) is 24.9 Å². The van der Waals surface area contributed by atoms with E-state index in [4.69, 9.17) is 5.73 Å². The summed E-state index contributed by atoms with van der Waals surface area (Å²) in [4.78, 5) is 0. The van der Waals surface area contributed by atoms with Crippen LogP contribution in [0.5, 0.6) is 0 Å². The van der Waals surface area contributed by atoms with Crippen LogP contribution in [0.2, 0.25) is 0 Å². The molecule has 58 valence electrons. The molecule has 0 radical (unpaired) electrons. The minimum absolute atomic E-state index is 0.445. The van der Waals surface area contributed by atoms with Crippen LogP contribution in [0.4, 0.5) is 0 Å². The third kappa shape index (κ3) is 1.32. The molecule has 2 nitrogen and oxygen atoms in total. The molecule has 2 fully saturated rings. The third-order valence-electron chi connectivity index (χ3n) is 2.73. The molecule has 2 rings (SSSR count). The molecule has 2 atom stereocenters. The largest absolute Gasteiger partial charge is 0.326 e. The first-order valence-electron chi connectivity index (χ1n) is 4.32. The fourth-order valence-corrected chi connectivity index (χ4v) is 1.79. The van der Waals surface area contributed by atoms with Gasteiger partial charge >= 0.3 is 0 Å². The highest BCUT2D eigenvalue weighted by Gasteiger charge is 2.30. The van der Waals surface area contributed by atoms with Gasteiger partial charge in [0.05, 0.1) is 0 Å². The van der Waals surface area contributed by atoms with Gasteiger partial charge in [0.1, 0.15) is 0 Å². The van der Waals surface area contributed by atoms with Gasteiger partial charge in [0, 0.05) is 12.6 Å². The highest BCUT2D eigenvalue weighted by Crippen LogP contribution is 2.36. The number of hydrogen-bond acceptors (Lipinski definition) is 2. The Hall–Kier alpha value is -0.0800. The molecule has 2 aliphatic rings. The lowest BCUT2D eigenvalue weighted by molar-refractivity contribution is 0.449. The van der Waals surface area contributed by atoms with E-state index in [2.05, 4.69) is 5.32 Å². The van der Waals surface area contributed by atoms with Crippen molar-refractivity contribution >= 4 is 0 Å². The molecule has 1 aliphatic heterocycles. The van der Waals surface area contributed by atoms with E-state index >= 15 is 0 Å². The van der Waals surface area contributed by atoms with Crippen LogP contribution in [0.1, 0.15) is 19.3 Å². The fraction of sp³-hybridized carbons (Fsp3) is 1.00. The van der Waals surface area contributed by atoms with Crippen LogP contribution < -0.4 is 11.1 Å². The van der Waals surface area contributed by atoms with E-state index in [1.165, 1.54) is 19.3 Å². The summed E-state index contributed by atoms with van der Waals surface area (Å²) in [6.07, 6.45) is 4.31. The number of rotatable bonds is 2. The summed E-state index contributed by atoms with van der Waals surface area (Å²) < 4.78 is 0. The van der Waals surface area contributed by atoms with Crippen LogP contribution in [-0.4, -0.2) is 19.1 Å². The maximum absolute atomic E-state index is 5.89. The van der Waals surface area contributed by atoms with Gasteiger partial charge in [-0.1, -0.05) is 12.8 Å². The maximum atomic E-state index is 5.89. The van der Waals surface area contributed by atoms with Crippen molar-refractivity contribution in [2.24, 2.45) is 17.6 Å². The molecule has 2 heteroatoms. The molecule has 3 N–H and O–H groups in total. The lowest BCUT2D eigenvalue weighted by atomic mass is 9.98. The summed E-state index contributed by atoms with van der Waals surface area (Å²) in [6, 6.07) is 0.445. The molecule has 1 saturated carbocycles. The van der Waals surface area contributed by atoms with E-state index in [1.54, 1.807) is 0 Å². The smallest absolute Gasteiger partial charge is 0.0206 e. The molecule has 1 saturated heterocycles. The number of nitrogens with two attached hydrogens (primary N) is 1. The minimum atomic E-state index is 0.445. The first kappa shape index (κ1) is 6.62. The zero-order chi connectivity index (χ0) is 6.97. The lowest BCUT2D eigenvalue weighted by Crippen LogP contribution is -2.29. The van der Waals surface area contributed by atoms with Gasteiger partial charge in [-0.05, 0) is 24.8 Å². The zero-order valence-corrected chi connectivity index (χ0v) is 6.34. The Labute approximate surface area is 62.2 Å². The van der Waals surface area contributed by atoms with E-state index < -0.39 is 0 Å². The highest BCUT2D eigenvalue weighted by atomic mass is 15.0. The average molecular weight is 140 g/mol. The molecule has 10 heavy (non-hydrogen) atoms. The van der Waals surface area contributed by atoms with Gasteiger partial charge in [0.15, 0.2) is 0 Å². The molecular formula is C8H16N2. The normalized spacial score (nSPS) is 40.5. The quantitative estimate of drug-likeness (QED) is 0.580.